The molecule has 0 atom stereocenters. The fourth-order valence-corrected chi connectivity index (χ4v) is 6.69. The SMILES string of the molecule is CN(CC(C)(C)CS(=O)(=O)NC(=O)Nc1c2c(cc3c1CCC3)CCC2)C1CC1. The van der Waals surface area contributed by atoms with Crippen LogP contribution < -0.4 is 10.0 Å². The van der Waals surface area contributed by atoms with Gasteiger partial charge in [-0.15, -0.1) is 0 Å². The second-order valence-electron chi connectivity index (χ2n) is 9.86. The summed E-state index contributed by atoms with van der Waals surface area (Å²) >= 11 is 0. The second-order valence-corrected chi connectivity index (χ2v) is 11.6. The molecule has 0 spiro atoms. The second kappa shape index (κ2) is 7.58. The number of carbonyl (C=O) groups excluding carboxylic acids is 1. The van der Waals surface area contributed by atoms with E-state index < -0.39 is 21.5 Å². The van der Waals surface area contributed by atoms with Crippen LogP contribution in [0.1, 0.15) is 61.8 Å². The van der Waals surface area contributed by atoms with Gasteiger partial charge in [-0.25, -0.2) is 17.9 Å². The van der Waals surface area contributed by atoms with Gasteiger partial charge in [0.25, 0.3) is 0 Å². The number of amides is 2. The third kappa shape index (κ3) is 4.77. The minimum atomic E-state index is -3.73. The summed E-state index contributed by atoms with van der Waals surface area (Å²) in [5.41, 5.74) is 5.46. The number of rotatable bonds is 7. The molecule has 0 aromatic heterocycles. The molecule has 6 nitrogen and oxygen atoms in total. The average molecular weight is 420 g/mol. The number of urea groups is 1. The standard InChI is InChI=1S/C22H33N3O3S/c1-22(2,13-25(3)17-10-11-17)14-29(27,28)24-21(26)23-20-18-8-4-6-15(18)12-16-7-5-9-19(16)20/h12,17H,4-11,13-14H2,1-3H3,(H2,23,24,26). The Morgan fingerprint density at radius 2 is 1.69 bits per heavy atom. The number of anilines is 1. The number of hydrogen-bond donors (Lipinski definition) is 2. The normalized spacial score (nSPS) is 18.6. The van der Waals surface area contributed by atoms with Crippen LogP contribution in [0.2, 0.25) is 0 Å². The van der Waals surface area contributed by atoms with Crippen molar-refractivity contribution in [1.29, 1.82) is 0 Å². The minimum Gasteiger partial charge on any atom is -0.307 e. The van der Waals surface area contributed by atoms with Crippen LogP contribution in [0.3, 0.4) is 0 Å². The topological polar surface area (TPSA) is 78.5 Å². The maximum Gasteiger partial charge on any atom is 0.332 e. The Labute approximate surface area is 174 Å². The largest absolute Gasteiger partial charge is 0.332 e. The van der Waals surface area contributed by atoms with Crippen molar-refractivity contribution < 1.29 is 13.2 Å². The highest BCUT2D eigenvalue weighted by Gasteiger charge is 2.34. The van der Waals surface area contributed by atoms with Crippen molar-refractivity contribution in [3.8, 4) is 0 Å². The summed E-state index contributed by atoms with van der Waals surface area (Å²) in [6.07, 6.45) is 8.54. The lowest BCUT2D eigenvalue weighted by atomic mass is 9.96. The van der Waals surface area contributed by atoms with Crippen molar-refractivity contribution in [2.24, 2.45) is 5.41 Å². The summed E-state index contributed by atoms with van der Waals surface area (Å²) in [5, 5.41) is 2.91. The van der Waals surface area contributed by atoms with E-state index in [4.69, 9.17) is 0 Å². The Hall–Kier alpha value is -1.60. The van der Waals surface area contributed by atoms with Crippen LogP contribution in [0.25, 0.3) is 0 Å². The fraction of sp³-hybridized carbons (Fsp3) is 0.682. The predicted octanol–water partition coefficient (Wildman–Crippen LogP) is 3.24. The number of hydrogen-bond acceptors (Lipinski definition) is 4. The zero-order valence-electron chi connectivity index (χ0n) is 17.8. The molecule has 1 fully saturated rings. The molecule has 7 heteroatoms. The molecule has 1 aromatic carbocycles. The maximum absolute atomic E-state index is 12.7. The van der Waals surface area contributed by atoms with Crippen LogP contribution in [0.4, 0.5) is 10.5 Å². The smallest absolute Gasteiger partial charge is 0.307 e. The first kappa shape index (κ1) is 20.7. The molecule has 0 saturated heterocycles. The minimum absolute atomic E-state index is 0.0739. The Bertz CT molecular complexity index is 887. The zero-order valence-corrected chi connectivity index (χ0v) is 18.6. The van der Waals surface area contributed by atoms with Gasteiger partial charge >= 0.3 is 6.03 Å². The molecule has 0 radical (unpaired) electrons. The van der Waals surface area contributed by atoms with Gasteiger partial charge in [0, 0.05) is 18.3 Å². The molecule has 2 amide bonds. The summed E-state index contributed by atoms with van der Waals surface area (Å²) in [5.74, 6) is -0.0739. The van der Waals surface area contributed by atoms with Gasteiger partial charge in [0.2, 0.25) is 10.0 Å². The van der Waals surface area contributed by atoms with Gasteiger partial charge in [-0.1, -0.05) is 19.9 Å². The first-order chi connectivity index (χ1) is 13.6. The molecule has 0 bridgehead atoms. The molecule has 29 heavy (non-hydrogen) atoms. The summed E-state index contributed by atoms with van der Waals surface area (Å²) in [6.45, 7) is 4.58. The molecule has 0 heterocycles. The van der Waals surface area contributed by atoms with Gasteiger partial charge < -0.3 is 10.2 Å². The van der Waals surface area contributed by atoms with E-state index in [1.54, 1.807) is 0 Å². The van der Waals surface area contributed by atoms with Crippen LogP contribution in [-0.4, -0.2) is 44.7 Å². The molecule has 3 aliphatic carbocycles. The number of sulfonamides is 1. The maximum atomic E-state index is 12.7. The van der Waals surface area contributed by atoms with Crippen molar-refractivity contribution in [2.45, 2.75) is 71.3 Å². The van der Waals surface area contributed by atoms with E-state index in [-0.39, 0.29) is 5.75 Å². The van der Waals surface area contributed by atoms with Crippen LogP contribution in [0, 0.1) is 5.41 Å². The first-order valence-electron chi connectivity index (χ1n) is 10.8. The number of aryl methyl sites for hydroxylation is 2. The number of nitrogens with one attached hydrogen (secondary N) is 2. The van der Waals surface area contributed by atoms with E-state index in [1.165, 1.54) is 35.1 Å². The lowest BCUT2D eigenvalue weighted by Crippen LogP contribution is -2.43. The van der Waals surface area contributed by atoms with Crippen LogP contribution in [0.5, 0.6) is 0 Å². The van der Waals surface area contributed by atoms with E-state index in [9.17, 15) is 13.2 Å². The Kier molecular flexibility index (Phi) is 5.40. The van der Waals surface area contributed by atoms with Crippen molar-refractivity contribution in [1.82, 2.24) is 9.62 Å². The average Bonchev–Trinajstić information content (AvgIpc) is 3.16. The predicted molar refractivity (Wildman–Crippen MR) is 116 cm³/mol. The van der Waals surface area contributed by atoms with Gasteiger partial charge in [-0.05, 0) is 86.1 Å². The molecular formula is C22H33N3O3S. The van der Waals surface area contributed by atoms with Gasteiger partial charge in [0.05, 0.1) is 5.75 Å². The lowest BCUT2D eigenvalue weighted by molar-refractivity contribution is 0.221. The lowest BCUT2D eigenvalue weighted by Gasteiger charge is -2.30. The number of benzene rings is 1. The fourth-order valence-electron chi connectivity index (χ4n) is 5.16. The number of fused-ring (bicyclic) bond motifs is 2. The van der Waals surface area contributed by atoms with E-state index in [1.807, 2.05) is 20.9 Å². The van der Waals surface area contributed by atoms with Gasteiger partial charge in [0.15, 0.2) is 0 Å². The van der Waals surface area contributed by atoms with Crippen LogP contribution >= 0.6 is 0 Å². The number of carbonyl (C=O) groups is 1. The molecule has 0 aliphatic heterocycles. The Balaban J connectivity index is 1.43. The molecule has 2 N–H and O–H groups in total. The van der Waals surface area contributed by atoms with Crippen LogP contribution in [-0.2, 0) is 35.7 Å². The van der Waals surface area contributed by atoms with Gasteiger partial charge in [0.1, 0.15) is 0 Å². The molecular weight excluding hydrogens is 386 g/mol. The summed E-state index contributed by atoms with van der Waals surface area (Å²) in [6, 6.07) is 2.24. The van der Waals surface area contributed by atoms with Gasteiger partial charge in [-0.2, -0.15) is 0 Å². The van der Waals surface area contributed by atoms with Crippen molar-refractivity contribution >= 4 is 21.7 Å². The summed E-state index contributed by atoms with van der Waals surface area (Å²) < 4.78 is 27.6. The Morgan fingerprint density at radius 1 is 1.10 bits per heavy atom. The van der Waals surface area contributed by atoms with Crippen molar-refractivity contribution in [3.05, 3.63) is 28.3 Å². The van der Waals surface area contributed by atoms with E-state index in [0.717, 1.165) is 44.2 Å². The monoisotopic (exact) mass is 419 g/mol. The molecule has 1 aromatic rings. The molecule has 160 valence electrons. The number of nitrogens with zero attached hydrogens (tertiary/aromatic N) is 1. The third-order valence-corrected chi connectivity index (χ3v) is 8.05. The van der Waals surface area contributed by atoms with E-state index in [0.29, 0.717) is 12.6 Å². The van der Waals surface area contributed by atoms with E-state index >= 15 is 0 Å². The van der Waals surface area contributed by atoms with Crippen LogP contribution in [0.15, 0.2) is 6.07 Å². The zero-order chi connectivity index (χ0) is 20.8. The summed E-state index contributed by atoms with van der Waals surface area (Å²) in [7, 11) is -1.68. The van der Waals surface area contributed by atoms with Gasteiger partial charge in [-0.3, -0.25) is 0 Å². The highest BCUT2D eigenvalue weighted by molar-refractivity contribution is 7.90. The van der Waals surface area contributed by atoms with Crippen molar-refractivity contribution in [2.75, 3.05) is 24.7 Å². The van der Waals surface area contributed by atoms with Crippen molar-refractivity contribution in [3.63, 3.8) is 0 Å². The van der Waals surface area contributed by atoms with E-state index in [2.05, 4.69) is 21.0 Å². The quantitative estimate of drug-likeness (QED) is 0.711. The Morgan fingerprint density at radius 3 is 2.24 bits per heavy atom. The summed E-state index contributed by atoms with van der Waals surface area (Å²) in [4.78, 5) is 14.9. The highest BCUT2D eigenvalue weighted by atomic mass is 32.2. The third-order valence-electron chi connectivity index (χ3n) is 6.39. The molecule has 1 saturated carbocycles. The first-order valence-corrected chi connectivity index (χ1v) is 12.5. The highest BCUT2D eigenvalue weighted by Crippen LogP contribution is 2.38. The molecule has 0 unspecified atom stereocenters. The molecule has 4 rings (SSSR count). The molecule has 3 aliphatic rings.